The number of hydrogen-bond donors (Lipinski definition) is 2. The summed E-state index contributed by atoms with van der Waals surface area (Å²) in [7, 11) is 1.29. The molecule has 0 spiro atoms. The first kappa shape index (κ1) is 46.1. The number of nitrogens with zero attached hydrogens (tertiary/aromatic N) is 8. The van der Waals surface area contributed by atoms with Gasteiger partial charge >= 0.3 is 18.2 Å². The maximum atomic E-state index is 13.3. The topological polar surface area (TPSA) is 189 Å². The quantitative estimate of drug-likeness (QED) is 0.201. The first-order valence-electron chi connectivity index (χ1n) is 20.8. The van der Waals surface area contributed by atoms with Crippen LogP contribution >= 0.6 is 0 Å². The Morgan fingerprint density at radius 2 is 1.35 bits per heavy atom. The highest BCUT2D eigenvalue weighted by Crippen LogP contribution is 2.35. The van der Waals surface area contributed by atoms with Gasteiger partial charge < -0.3 is 40.1 Å². The van der Waals surface area contributed by atoms with Crippen molar-refractivity contribution in [3.8, 4) is 11.1 Å². The van der Waals surface area contributed by atoms with Gasteiger partial charge in [0.15, 0.2) is 0 Å². The summed E-state index contributed by atoms with van der Waals surface area (Å²) in [6, 6.07) is 13.6. The SMILES string of the molecule is COC(=O)c1nccc(N2CCN(C(=O)OC(C)(C)C)CC2)n1.C[C@@H](NC(=O)c1nccc(N2CCN(C(=O)C3CC3)CC2)n1)c1ccc(-c2cc(C(F)(F)F)ccc2CN)cc1. The number of esters is 1. The highest BCUT2D eigenvalue weighted by atomic mass is 19.4. The molecule has 3 fully saturated rings. The number of alkyl halides is 3. The van der Waals surface area contributed by atoms with Gasteiger partial charge in [0.05, 0.1) is 18.7 Å². The molecule has 1 saturated carbocycles. The Bertz CT molecular complexity index is 2250. The molecule has 3 amide bonds. The van der Waals surface area contributed by atoms with Crippen molar-refractivity contribution in [2.45, 2.75) is 64.9 Å². The van der Waals surface area contributed by atoms with E-state index in [1.54, 1.807) is 47.5 Å². The number of carbonyl (C=O) groups is 4. The van der Waals surface area contributed by atoms with Gasteiger partial charge in [-0.25, -0.2) is 29.5 Å². The number of halogens is 3. The Balaban J connectivity index is 0.000000244. The number of nitrogens with one attached hydrogen (secondary N) is 1. The third kappa shape index (κ3) is 12.2. The average molecular weight is 875 g/mol. The fourth-order valence-electron chi connectivity index (χ4n) is 7.03. The zero-order chi connectivity index (χ0) is 45.5. The van der Waals surface area contributed by atoms with Gasteiger partial charge in [0, 0.05) is 77.2 Å². The van der Waals surface area contributed by atoms with E-state index in [0.29, 0.717) is 80.7 Å². The molecule has 336 valence electrons. The number of amides is 3. The maximum absolute atomic E-state index is 13.3. The second kappa shape index (κ2) is 19.8. The minimum Gasteiger partial charge on any atom is -0.463 e. The number of nitrogens with two attached hydrogens (primary N) is 1. The molecule has 2 aliphatic heterocycles. The monoisotopic (exact) mass is 874 g/mol. The van der Waals surface area contributed by atoms with Gasteiger partial charge in [-0.2, -0.15) is 13.2 Å². The molecule has 16 nitrogen and oxygen atoms in total. The highest BCUT2D eigenvalue weighted by Gasteiger charge is 2.35. The first-order chi connectivity index (χ1) is 29.9. The van der Waals surface area contributed by atoms with Crippen LogP contribution in [0.2, 0.25) is 0 Å². The number of rotatable bonds is 9. The van der Waals surface area contributed by atoms with Crippen LogP contribution in [0.15, 0.2) is 67.0 Å². The number of carbonyl (C=O) groups excluding carboxylic acids is 4. The van der Waals surface area contributed by atoms with Crippen LogP contribution in [0.25, 0.3) is 11.1 Å². The number of ether oxygens (including phenoxy) is 2. The van der Waals surface area contributed by atoms with E-state index in [-0.39, 0.29) is 36.1 Å². The maximum Gasteiger partial charge on any atom is 0.416 e. The Hall–Kier alpha value is -6.37. The van der Waals surface area contributed by atoms with Crippen molar-refractivity contribution in [1.29, 1.82) is 0 Å². The van der Waals surface area contributed by atoms with Crippen molar-refractivity contribution in [3.63, 3.8) is 0 Å². The number of aromatic nitrogens is 4. The fraction of sp³-hybridized carbons (Fsp3) is 0.455. The van der Waals surface area contributed by atoms with E-state index in [4.69, 9.17) is 10.5 Å². The molecule has 0 bridgehead atoms. The second-order valence-corrected chi connectivity index (χ2v) is 16.4. The summed E-state index contributed by atoms with van der Waals surface area (Å²) in [5.41, 5.74) is 6.92. The van der Waals surface area contributed by atoms with Gasteiger partial charge in [0.2, 0.25) is 17.6 Å². The van der Waals surface area contributed by atoms with Crippen molar-refractivity contribution in [3.05, 3.63) is 95.3 Å². The minimum absolute atomic E-state index is 0.0274. The Labute approximate surface area is 364 Å². The van der Waals surface area contributed by atoms with Crippen molar-refractivity contribution in [2.75, 3.05) is 69.3 Å². The van der Waals surface area contributed by atoms with Gasteiger partial charge in [-0.3, -0.25) is 9.59 Å². The molecule has 63 heavy (non-hydrogen) atoms. The molecule has 3 N–H and O–H groups in total. The molecule has 19 heteroatoms. The summed E-state index contributed by atoms with van der Waals surface area (Å²) in [5, 5.41) is 2.89. The molecule has 0 unspecified atom stereocenters. The van der Waals surface area contributed by atoms with E-state index in [1.165, 1.54) is 19.4 Å². The normalized spacial score (nSPS) is 16.1. The van der Waals surface area contributed by atoms with E-state index in [1.807, 2.05) is 42.4 Å². The van der Waals surface area contributed by atoms with Gasteiger partial charge in [0.25, 0.3) is 5.91 Å². The van der Waals surface area contributed by atoms with Crippen LogP contribution in [0.3, 0.4) is 0 Å². The van der Waals surface area contributed by atoms with Crippen LogP contribution in [0.1, 0.15) is 84.5 Å². The van der Waals surface area contributed by atoms with Crippen LogP contribution in [-0.2, 0) is 27.0 Å². The van der Waals surface area contributed by atoms with Crippen molar-refractivity contribution < 1.29 is 41.8 Å². The van der Waals surface area contributed by atoms with E-state index in [2.05, 4.69) is 30.0 Å². The Morgan fingerprint density at radius 3 is 1.87 bits per heavy atom. The molecule has 2 aromatic carbocycles. The number of hydrogen-bond acceptors (Lipinski definition) is 13. The molecule has 2 saturated heterocycles. The molecule has 7 rings (SSSR count). The number of methoxy groups -OCH3 is 1. The molecule has 0 radical (unpaired) electrons. The predicted octanol–water partition coefficient (Wildman–Crippen LogP) is 5.49. The summed E-state index contributed by atoms with van der Waals surface area (Å²) in [6.07, 6.45) is 0.268. The van der Waals surface area contributed by atoms with Crippen molar-refractivity contribution >= 4 is 35.5 Å². The molecular formula is C44H53F3N10O6. The van der Waals surface area contributed by atoms with Crippen LogP contribution in [0.4, 0.5) is 29.6 Å². The van der Waals surface area contributed by atoms with E-state index in [9.17, 15) is 32.3 Å². The Morgan fingerprint density at radius 1 is 0.794 bits per heavy atom. The molecule has 4 aromatic rings. The standard InChI is InChI=1S/C29H31F3N6O2.C15H22N4O4/c1-18(19-2-4-20(5-3-19)24-16-23(29(30,31)32)9-8-22(24)17-33)35-27(39)26-34-11-10-25(36-26)37-12-14-38(15-13-37)28(40)21-6-7-21;1-15(2,3)23-14(21)19-9-7-18(8-10-19)11-5-6-16-12(17-11)13(20)22-4/h2-5,8-11,16,18,21H,6-7,12-15,17,33H2,1H3,(H,35,39);5-6H,7-10H2,1-4H3/t18-;/m1./s1. The zero-order valence-electron chi connectivity index (χ0n) is 36.0. The lowest BCUT2D eigenvalue weighted by Gasteiger charge is -2.36. The first-order valence-corrected chi connectivity index (χ1v) is 20.8. The molecule has 3 aliphatic rings. The minimum atomic E-state index is -4.45. The van der Waals surface area contributed by atoms with Crippen molar-refractivity contribution in [1.82, 2.24) is 35.1 Å². The summed E-state index contributed by atoms with van der Waals surface area (Å²) in [6.45, 7) is 12.3. The van der Waals surface area contributed by atoms with Crippen LogP contribution in [0, 0.1) is 5.92 Å². The summed E-state index contributed by atoms with van der Waals surface area (Å²) >= 11 is 0. The molecule has 1 atom stereocenters. The van der Waals surface area contributed by atoms with Crippen LogP contribution in [0.5, 0.6) is 0 Å². The summed E-state index contributed by atoms with van der Waals surface area (Å²) < 4.78 is 49.8. The van der Waals surface area contributed by atoms with Gasteiger partial charge in [-0.15, -0.1) is 0 Å². The van der Waals surface area contributed by atoms with Gasteiger partial charge in [0.1, 0.15) is 17.2 Å². The average Bonchev–Trinajstić information content (AvgIpc) is 4.14. The third-order valence-electron chi connectivity index (χ3n) is 10.7. The largest absolute Gasteiger partial charge is 0.463 e. The van der Waals surface area contributed by atoms with E-state index < -0.39 is 35.3 Å². The predicted molar refractivity (Wildman–Crippen MR) is 228 cm³/mol. The molecular weight excluding hydrogens is 822 g/mol. The fourth-order valence-corrected chi connectivity index (χ4v) is 7.03. The van der Waals surface area contributed by atoms with Crippen LogP contribution in [-0.4, -0.2) is 119 Å². The second-order valence-electron chi connectivity index (χ2n) is 16.4. The zero-order valence-corrected chi connectivity index (χ0v) is 36.0. The molecule has 2 aromatic heterocycles. The van der Waals surface area contributed by atoms with Gasteiger partial charge in [-0.1, -0.05) is 30.3 Å². The lowest BCUT2D eigenvalue weighted by atomic mass is 9.95. The number of benzene rings is 2. The smallest absolute Gasteiger partial charge is 0.416 e. The van der Waals surface area contributed by atoms with E-state index >= 15 is 0 Å². The number of anilines is 2. The highest BCUT2D eigenvalue weighted by molar-refractivity contribution is 5.91. The molecule has 1 aliphatic carbocycles. The Kier molecular flexibility index (Phi) is 14.5. The summed E-state index contributed by atoms with van der Waals surface area (Å²) in [4.78, 5) is 73.1. The third-order valence-corrected chi connectivity index (χ3v) is 10.7. The lowest BCUT2D eigenvalue weighted by molar-refractivity contribution is -0.137. The van der Waals surface area contributed by atoms with Crippen molar-refractivity contribution in [2.24, 2.45) is 11.7 Å². The van der Waals surface area contributed by atoms with Gasteiger partial charge in [-0.05, 0) is 87.1 Å². The van der Waals surface area contributed by atoms with Crippen LogP contribution < -0.4 is 20.9 Å². The molecule has 4 heterocycles. The number of piperazine rings is 2. The van der Waals surface area contributed by atoms with E-state index in [0.717, 1.165) is 30.5 Å². The summed E-state index contributed by atoms with van der Waals surface area (Å²) in [5.74, 6) is 0.760. The lowest BCUT2D eigenvalue weighted by Crippen LogP contribution is -2.50.